The maximum Gasteiger partial charge on any atom is 0.113 e. The van der Waals surface area contributed by atoms with Gasteiger partial charge in [0.25, 0.3) is 0 Å². The number of epoxide rings is 1. The third kappa shape index (κ3) is 0.982. The highest BCUT2D eigenvalue weighted by Gasteiger charge is 2.59. The van der Waals surface area contributed by atoms with E-state index in [4.69, 9.17) is 9.84 Å². The maximum atomic E-state index is 9.35. The summed E-state index contributed by atoms with van der Waals surface area (Å²) in [7, 11) is 0. The van der Waals surface area contributed by atoms with Gasteiger partial charge in [-0.3, -0.25) is 0 Å². The van der Waals surface area contributed by atoms with Gasteiger partial charge in [0.05, 0.1) is 18.8 Å². The molecule has 0 unspecified atom stereocenters. The molecule has 0 aromatic carbocycles. The van der Waals surface area contributed by atoms with Crippen LogP contribution in [0, 0.1) is 5.92 Å². The zero-order valence-electron chi connectivity index (χ0n) is 6.37. The fraction of sp³-hybridized carbons (Fsp3) is 1.00. The van der Waals surface area contributed by atoms with E-state index < -0.39 is 30.3 Å². The Labute approximate surface area is 69.2 Å². The molecule has 1 aliphatic heterocycles. The van der Waals surface area contributed by atoms with Gasteiger partial charge in [-0.2, -0.15) is 0 Å². The first-order chi connectivity index (χ1) is 5.66. The van der Waals surface area contributed by atoms with Gasteiger partial charge in [-0.05, 0) is 0 Å². The molecule has 0 radical (unpaired) electrons. The van der Waals surface area contributed by atoms with Crippen molar-refractivity contribution in [3.05, 3.63) is 0 Å². The second kappa shape index (κ2) is 2.65. The van der Waals surface area contributed by atoms with Crippen LogP contribution < -0.4 is 0 Å². The molecule has 2 rings (SSSR count). The molecule has 1 saturated heterocycles. The molecular weight excluding hydrogens is 164 g/mol. The summed E-state index contributed by atoms with van der Waals surface area (Å²) >= 11 is 0. The molecule has 0 spiro atoms. The Hall–Kier alpha value is -0.200. The lowest BCUT2D eigenvalue weighted by Gasteiger charge is -2.30. The number of hydrogen-bond acceptors (Lipinski definition) is 5. The number of ether oxygens (including phenoxy) is 1. The third-order valence-corrected chi connectivity index (χ3v) is 2.67. The zero-order chi connectivity index (χ0) is 8.88. The Morgan fingerprint density at radius 1 is 0.917 bits per heavy atom. The Morgan fingerprint density at radius 2 is 1.58 bits per heavy atom. The van der Waals surface area contributed by atoms with Crippen molar-refractivity contribution in [2.75, 3.05) is 6.61 Å². The van der Waals surface area contributed by atoms with E-state index in [2.05, 4.69) is 0 Å². The van der Waals surface area contributed by atoms with E-state index in [0.717, 1.165) is 0 Å². The summed E-state index contributed by atoms with van der Waals surface area (Å²) in [6, 6.07) is 0. The van der Waals surface area contributed by atoms with Crippen LogP contribution in [0.2, 0.25) is 0 Å². The van der Waals surface area contributed by atoms with Crippen molar-refractivity contribution in [3.63, 3.8) is 0 Å². The average molecular weight is 176 g/mol. The predicted octanol–water partition coefficient (Wildman–Crippen LogP) is -2.54. The second-order valence-electron chi connectivity index (χ2n) is 3.38. The summed E-state index contributed by atoms with van der Waals surface area (Å²) < 4.78 is 5.00. The quantitative estimate of drug-likeness (QED) is 0.330. The summed E-state index contributed by atoms with van der Waals surface area (Å²) in [5.41, 5.74) is 0. The molecule has 2 aliphatic rings. The molecule has 0 amide bonds. The van der Waals surface area contributed by atoms with E-state index >= 15 is 0 Å². The molecule has 12 heavy (non-hydrogen) atoms. The standard InChI is InChI=1S/C7H12O5/c8-1-2-3(9)4(10)5(11)7-6(2)12-7/h2-11H,1H2/t2-,3-,4+,5-,6+,7-/m0/s1. The van der Waals surface area contributed by atoms with Crippen LogP contribution in [0.5, 0.6) is 0 Å². The number of fused-ring (bicyclic) bond motifs is 1. The van der Waals surface area contributed by atoms with E-state index in [1.807, 2.05) is 0 Å². The first-order valence-electron chi connectivity index (χ1n) is 3.97. The second-order valence-corrected chi connectivity index (χ2v) is 3.38. The molecule has 2 fully saturated rings. The van der Waals surface area contributed by atoms with Crippen molar-refractivity contribution in [2.24, 2.45) is 5.92 Å². The minimum atomic E-state index is -1.20. The summed E-state index contributed by atoms with van der Waals surface area (Å²) in [5, 5.41) is 36.7. The minimum Gasteiger partial charge on any atom is -0.396 e. The average Bonchev–Trinajstić information content (AvgIpc) is 2.81. The summed E-state index contributed by atoms with van der Waals surface area (Å²) in [4.78, 5) is 0. The summed E-state index contributed by atoms with van der Waals surface area (Å²) in [5.74, 6) is -0.464. The normalized spacial score (nSPS) is 58.0. The number of aliphatic hydroxyl groups is 4. The van der Waals surface area contributed by atoms with Crippen molar-refractivity contribution in [2.45, 2.75) is 30.5 Å². The van der Waals surface area contributed by atoms with Gasteiger partial charge in [-0.1, -0.05) is 0 Å². The molecule has 1 aliphatic carbocycles. The zero-order valence-corrected chi connectivity index (χ0v) is 6.37. The predicted molar refractivity (Wildman–Crippen MR) is 37.3 cm³/mol. The monoisotopic (exact) mass is 176 g/mol. The van der Waals surface area contributed by atoms with Crippen LogP contribution >= 0.6 is 0 Å². The van der Waals surface area contributed by atoms with Crippen LogP contribution in [0.4, 0.5) is 0 Å². The third-order valence-electron chi connectivity index (χ3n) is 2.67. The van der Waals surface area contributed by atoms with Crippen LogP contribution in [0.25, 0.3) is 0 Å². The van der Waals surface area contributed by atoms with Gasteiger partial charge in [-0.25, -0.2) is 0 Å². The van der Waals surface area contributed by atoms with Crippen molar-refractivity contribution >= 4 is 0 Å². The van der Waals surface area contributed by atoms with Crippen LogP contribution in [0.3, 0.4) is 0 Å². The fourth-order valence-corrected chi connectivity index (χ4v) is 1.81. The summed E-state index contributed by atoms with van der Waals surface area (Å²) in [6.45, 7) is -0.230. The highest BCUT2D eigenvalue weighted by atomic mass is 16.6. The molecular formula is C7H12O5. The molecule has 70 valence electrons. The smallest absolute Gasteiger partial charge is 0.113 e. The van der Waals surface area contributed by atoms with Crippen LogP contribution in [0.1, 0.15) is 0 Å². The van der Waals surface area contributed by atoms with Gasteiger partial charge < -0.3 is 25.2 Å². The lowest BCUT2D eigenvalue weighted by molar-refractivity contribution is -0.105. The first-order valence-corrected chi connectivity index (χ1v) is 3.97. The maximum absolute atomic E-state index is 9.35. The topological polar surface area (TPSA) is 93.5 Å². The molecule has 0 bridgehead atoms. The van der Waals surface area contributed by atoms with Gasteiger partial charge in [0.1, 0.15) is 18.3 Å². The Kier molecular flexibility index (Phi) is 1.85. The minimum absolute atomic E-state index is 0.230. The van der Waals surface area contributed by atoms with Crippen molar-refractivity contribution in [3.8, 4) is 0 Å². The molecule has 5 heteroatoms. The van der Waals surface area contributed by atoms with E-state index in [0.29, 0.717) is 0 Å². The van der Waals surface area contributed by atoms with Gasteiger partial charge in [0.2, 0.25) is 0 Å². The molecule has 0 aromatic heterocycles. The van der Waals surface area contributed by atoms with E-state index in [1.165, 1.54) is 0 Å². The molecule has 4 N–H and O–H groups in total. The van der Waals surface area contributed by atoms with Crippen molar-refractivity contribution in [1.29, 1.82) is 0 Å². The van der Waals surface area contributed by atoms with Gasteiger partial charge in [0.15, 0.2) is 0 Å². The van der Waals surface area contributed by atoms with Crippen molar-refractivity contribution < 1.29 is 25.2 Å². The Morgan fingerprint density at radius 3 is 2.17 bits per heavy atom. The molecule has 5 nitrogen and oxygen atoms in total. The number of aliphatic hydroxyl groups excluding tert-OH is 4. The molecule has 0 aromatic rings. The lowest BCUT2D eigenvalue weighted by Crippen LogP contribution is -2.52. The molecule has 1 saturated carbocycles. The number of rotatable bonds is 1. The van der Waals surface area contributed by atoms with E-state index in [1.54, 1.807) is 0 Å². The van der Waals surface area contributed by atoms with Crippen LogP contribution in [-0.2, 0) is 4.74 Å². The fourth-order valence-electron chi connectivity index (χ4n) is 1.81. The lowest BCUT2D eigenvalue weighted by atomic mass is 9.83. The summed E-state index contributed by atoms with van der Waals surface area (Å²) in [6.07, 6.45) is -4.00. The van der Waals surface area contributed by atoms with Crippen molar-refractivity contribution in [1.82, 2.24) is 0 Å². The van der Waals surface area contributed by atoms with Crippen LogP contribution in [-0.4, -0.2) is 57.6 Å². The highest BCUT2D eigenvalue weighted by Crippen LogP contribution is 2.40. The SMILES string of the molecule is OC[C@H]1[C@H](O)[C@@H](O)[C@H](O)[C@@H]2O[C@H]12. The van der Waals surface area contributed by atoms with E-state index in [9.17, 15) is 15.3 Å². The van der Waals surface area contributed by atoms with Gasteiger partial charge in [0, 0.05) is 5.92 Å². The van der Waals surface area contributed by atoms with Gasteiger partial charge >= 0.3 is 0 Å². The van der Waals surface area contributed by atoms with Crippen LogP contribution in [0.15, 0.2) is 0 Å². The molecule has 1 heterocycles. The number of hydrogen-bond donors (Lipinski definition) is 4. The largest absolute Gasteiger partial charge is 0.396 e. The van der Waals surface area contributed by atoms with E-state index in [-0.39, 0.29) is 12.7 Å². The first kappa shape index (κ1) is 8.40. The highest BCUT2D eigenvalue weighted by molar-refractivity contribution is 5.07. The Balaban J connectivity index is 2.11. The Bertz CT molecular complexity index is 185. The molecule has 6 atom stereocenters. The van der Waals surface area contributed by atoms with Gasteiger partial charge in [-0.15, -0.1) is 0 Å².